The lowest BCUT2D eigenvalue weighted by Crippen LogP contribution is -2.35. The maximum atomic E-state index is 6.48. The third-order valence-electron chi connectivity index (χ3n) is 4.32. The summed E-state index contributed by atoms with van der Waals surface area (Å²) in [6, 6.07) is 9.47. The Morgan fingerprint density at radius 2 is 1.70 bits per heavy atom. The number of benzene rings is 1. The van der Waals surface area contributed by atoms with Gasteiger partial charge in [0.2, 0.25) is 0 Å². The molecule has 1 aliphatic rings. The molecule has 0 aromatic heterocycles. The first-order chi connectivity index (χ1) is 9.47. The predicted octanol–water partition coefficient (Wildman–Crippen LogP) is 5.01. The molecule has 2 unspecified atom stereocenters. The van der Waals surface area contributed by atoms with Crippen molar-refractivity contribution in [1.29, 1.82) is 0 Å². The standard InChI is InChI=1S/C18H28ClN/c1-18(2,3)15-11-9-14(10-12-15)13-20-17-8-6-4-5-7-16(17)19/h9-12,16-17,20H,4-8,13H2,1-3H3. The van der Waals surface area contributed by atoms with Crippen molar-refractivity contribution in [3.63, 3.8) is 0 Å². The summed E-state index contributed by atoms with van der Waals surface area (Å²) in [7, 11) is 0. The van der Waals surface area contributed by atoms with E-state index in [9.17, 15) is 0 Å². The molecular formula is C18H28ClN. The summed E-state index contributed by atoms with van der Waals surface area (Å²) in [4.78, 5) is 0. The van der Waals surface area contributed by atoms with Crippen LogP contribution in [0.2, 0.25) is 0 Å². The Bertz CT molecular complexity index is 404. The highest BCUT2D eigenvalue weighted by atomic mass is 35.5. The van der Waals surface area contributed by atoms with E-state index < -0.39 is 0 Å². The molecule has 2 rings (SSSR count). The molecule has 0 bridgehead atoms. The van der Waals surface area contributed by atoms with E-state index in [0.717, 1.165) is 13.0 Å². The maximum Gasteiger partial charge on any atom is 0.0489 e. The van der Waals surface area contributed by atoms with Gasteiger partial charge in [-0.3, -0.25) is 0 Å². The Labute approximate surface area is 129 Å². The molecule has 0 saturated heterocycles. The molecule has 0 radical (unpaired) electrons. The van der Waals surface area contributed by atoms with Crippen LogP contribution in [0.5, 0.6) is 0 Å². The summed E-state index contributed by atoms with van der Waals surface area (Å²) in [6.07, 6.45) is 6.30. The topological polar surface area (TPSA) is 12.0 Å². The zero-order valence-electron chi connectivity index (χ0n) is 13.1. The van der Waals surface area contributed by atoms with Crippen LogP contribution in [0.25, 0.3) is 0 Å². The molecule has 1 saturated carbocycles. The Morgan fingerprint density at radius 3 is 2.35 bits per heavy atom. The van der Waals surface area contributed by atoms with Gasteiger partial charge < -0.3 is 5.32 Å². The molecule has 1 aromatic rings. The number of alkyl halides is 1. The lowest BCUT2D eigenvalue weighted by Gasteiger charge is -2.22. The minimum absolute atomic E-state index is 0.231. The third-order valence-corrected chi connectivity index (χ3v) is 4.84. The lowest BCUT2D eigenvalue weighted by molar-refractivity contribution is 0.464. The second-order valence-corrected chi connectivity index (χ2v) is 7.65. The average molecular weight is 294 g/mol. The maximum absolute atomic E-state index is 6.48. The Kier molecular flexibility index (Phi) is 5.51. The van der Waals surface area contributed by atoms with Crippen molar-refractivity contribution in [3.05, 3.63) is 35.4 Å². The van der Waals surface area contributed by atoms with Crippen LogP contribution in [0.1, 0.15) is 64.0 Å². The molecule has 0 amide bonds. The largest absolute Gasteiger partial charge is 0.308 e. The van der Waals surface area contributed by atoms with Gasteiger partial charge in [0.25, 0.3) is 0 Å². The number of rotatable bonds is 3. The molecule has 2 atom stereocenters. The van der Waals surface area contributed by atoms with Crippen molar-refractivity contribution in [2.75, 3.05) is 0 Å². The van der Waals surface area contributed by atoms with Gasteiger partial charge in [-0.15, -0.1) is 11.6 Å². The van der Waals surface area contributed by atoms with Crippen LogP contribution in [0, 0.1) is 0 Å². The van der Waals surface area contributed by atoms with Crippen LogP contribution < -0.4 is 5.32 Å². The van der Waals surface area contributed by atoms with Crippen molar-refractivity contribution in [2.24, 2.45) is 0 Å². The highest BCUT2D eigenvalue weighted by Gasteiger charge is 2.21. The summed E-state index contributed by atoms with van der Waals surface area (Å²) in [5, 5.41) is 3.95. The Hall–Kier alpha value is -0.530. The molecule has 1 aromatic carbocycles. The van der Waals surface area contributed by atoms with Crippen LogP contribution in [0.4, 0.5) is 0 Å². The first-order valence-electron chi connectivity index (χ1n) is 7.94. The average Bonchev–Trinajstić information content (AvgIpc) is 2.61. The van der Waals surface area contributed by atoms with Crippen LogP contribution in [-0.4, -0.2) is 11.4 Å². The van der Waals surface area contributed by atoms with Gasteiger partial charge in [0.05, 0.1) is 0 Å². The van der Waals surface area contributed by atoms with E-state index >= 15 is 0 Å². The van der Waals surface area contributed by atoms with Gasteiger partial charge in [0, 0.05) is 18.0 Å². The van der Waals surface area contributed by atoms with Crippen LogP contribution in [0.15, 0.2) is 24.3 Å². The molecule has 2 heteroatoms. The monoisotopic (exact) mass is 293 g/mol. The quantitative estimate of drug-likeness (QED) is 0.610. The van der Waals surface area contributed by atoms with Crippen molar-refractivity contribution >= 4 is 11.6 Å². The number of nitrogens with one attached hydrogen (secondary N) is 1. The Morgan fingerprint density at radius 1 is 1.05 bits per heavy atom. The van der Waals surface area contributed by atoms with E-state index in [1.54, 1.807) is 0 Å². The van der Waals surface area contributed by atoms with E-state index in [1.807, 2.05) is 0 Å². The fraction of sp³-hybridized carbons (Fsp3) is 0.667. The van der Waals surface area contributed by atoms with Crippen molar-refractivity contribution in [3.8, 4) is 0 Å². The zero-order valence-corrected chi connectivity index (χ0v) is 13.8. The summed E-state index contributed by atoms with van der Waals surface area (Å²) in [5.74, 6) is 0. The first-order valence-corrected chi connectivity index (χ1v) is 8.37. The molecule has 1 N–H and O–H groups in total. The zero-order chi connectivity index (χ0) is 14.6. The highest BCUT2D eigenvalue weighted by Crippen LogP contribution is 2.24. The highest BCUT2D eigenvalue weighted by molar-refractivity contribution is 6.21. The second-order valence-electron chi connectivity index (χ2n) is 7.09. The van der Waals surface area contributed by atoms with Crippen LogP contribution in [-0.2, 0) is 12.0 Å². The van der Waals surface area contributed by atoms with Gasteiger partial charge in [-0.05, 0) is 29.4 Å². The molecule has 1 nitrogen and oxygen atoms in total. The third kappa shape index (κ3) is 4.49. The molecule has 0 spiro atoms. The minimum Gasteiger partial charge on any atom is -0.308 e. The number of hydrogen-bond acceptors (Lipinski definition) is 1. The van der Waals surface area contributed by atoms with E-state index in [4.69, 9.17) is 11.6 Å². The van der Waals surface area contributed by atoms with Gasteiger partial charge in [0.1, 0.15) is 0 Å². The van der Waals surface area contributed by atoms with Gasteiger partial charge in [0.15, 0.2) is 0 Å². The number of halogens is 1. The van der Waals surface area contributed by atoms with Crippen LogP contribution >= 0.6 is 11.6 Å². The summed E-state index contributed by atoms with van der Waals surface area (Å²) in [6.45, 7) is 7.69. The van der Waals surface area contributed by atoms with Gasteiger partial charge in [-0.1, -0.05) is 64.3 Å². The summed E-state index contributed by atoms with van der Waals surface area (Å²) >= 11 is 6.48. The normalized spacial score (nSPS) is 24.4. The second kappa shape index (κ2) is 6.95. The predicted molar refractivity (Wildman–Crippen MR) is 88.5 cm³/mol. The van der Waals surface area contributed by atoms with E-state index in [0.29, 0.717) is 11.4 Å². The van der Waals surface area contributed by atoms with Gasteiger partial charge in [-0.25, -0.2) is 0 Å². The molecular weight excluding hydrogens is 266 g/mol. The van der Waals surface area contributed by atoms with Gasteiger partial charge in [-0.2, -0.15) is 0 Å². The molecule has 0 aliphatic heterocycles. The fourth-order valence-electron chi connectivity index (χ4n) is 2.86. The van der Waals surface area contributed by atoms with E-state index in [-0.39, 0.29) is 5.41 Å². The SMILES string of the molecule is CC(C)(C)c1ccc(CNC2CCCCCC2Cl)cc1. The van der Waals surface area contributed by atoms with Crippen molar-refractivity contribution in [1.82, 2.24) is 5.32 Å². The molecule has 0 heterocycles. The molecule has 1 aliphatic carbocycles. The minimum atomic E-state index is 0.231. The Balaban J connectivity index is 1.90. The van der Waals surface area contributed by atoms with Crippen molar-refractivity contribution in [2.45, 2.75) is 76.3 Å². The number of hydrogen-bond donors (Lipinski definition) is 1. The summed E-state index contributed by atoms with van der Waals surface area (Å²) in [5.41, 5.74) is 2.98. The lowest BCUT2D eigenvalue weighted by atomic mass is 9.87. The molecule has 20 heavy (non-hydrogen) atoms. The van der Waals surface area contributed by atoms with E-state index in [1.165, 1.54) is 36.8 Å². The van der Waals surface area contributed by atoms with Crippen LogP contribution in [0.3, 0.4) is 0 Å². The first kappa shape index (κ1) is 15.9. The molecule has 112 valence electrons. The fourth-order valence-corrected chi connectivity index (χ4v) is 3.23. The smallest absolute Gasteiger partial charge is 0.0489 e. The van der Waals surface area contributed by atoms with E-state index in [2.05, 4.69) is 50.4 Å². The van der Waals surface area contributed by atoms with Gasteiger partial charge >= 0.3 is 0 Å². The molecule has 1 fully saturated rings. The summed E-state index contributed by atoms with van der Waals surface area (Å²) < 4.78 is 0. The van der Waals surface area contributed by atoms with Crippen molar-refractivity contribution < 1.29 is 0 Å².